The van der Waals surface area contributed by atoms with Crippen LogP contribution in [0, 0.1) is 6.92 Å². The van der Waals surface area contributed by atoms with Crippen molar-refractivity contribution in [2.75, 3.05) is 6.54 Å². The van der Waals surface area contributed by atoms with E-state index in [1.165, 1.54) is 0 Å². The Balaban J connectivity index is 1.73. The highest BCUT2D eigenvalue weighted by Gasteiger charge is 2.30. The number of nitrogens with zero attached hydrogens (tertiary/aromatic N) is 2. The molecule has 0 saturated heterocycles. The maximum Gasteiger partial charge on any atom is 0.254 e. The van der Waals surface area contributed by atoms with Gasteiger partial charge < -0.3 is 10.4 Å². The van der Waals surface area contributed by atoms with Crippen LogP contribution in [0.25, 0.3) is 5.69 Å². The summed E-state index contributed by atoms with van der Waals surface area (Å²) in [5.74, 6) is -0.218. The van der Waals surface area contributed by atoms with Gasteiger partial charge in [0, 0.05) is 6.54 Å². The van der Waals surface area contributed by atoms with Gasteiger partial charge in [-0.25, -0.2) is 4.68 Å². The second-order valence-electron chi connectivity index (χ2n) is 6.47. The molecule has 0 spiro atoms. The Kier molecular flexibility index (Phi) is 4.92. The minimum Gasteiger partial charge on any atom is -0.388 e. The molecule has 3 rings (SSSR count). The maximum atomic E-state index is 12.5. The van der Waals surface area contributed by atoms with Gasteiger partial charge in [-0.1, -0.05) is 43.0 Å². The molecule has 1 aromatic carbocycles. The number of aromatic nitrogens is 2. The van der Waals surface area contributed by atoms with Gasteiger partial charge in [0.1, 0.15) is 0 Å². The lowest BCUT2D eigenvalue weighted by Gasteiger charge is -2.32. The molecule has 1 fully saturated rings. The smallest absolute Gasteiger partial charge is 0.254 e. The van der Waals surface area contributed by atoms with Gasteiger partial charge in [0.25, 0.3) is 5.91 Å². The first kappa shape index (κ1) is 17.0. The van der Waals surface area contributed by atoms with Crippen LogP contribution in [0.15, 0.2) is 30.5 Å². The molecule has 6 heteroatoms. The van der Waals surface area contributed by atoms with E-state index in [2.05, 4.69) is 10.4 Å². The number of hydrogen-bond acceptors (Lipinski definition) is 3. The van der Waals surface area contributed by atoms with E-state index in [0.717, 1.165) is 43.5 Å². The lowest BCUT2D eigenvalue weighted by molar-refractivity contribution is 0.00525. The van der Waals surface area contributed by atoms with Crippen molar-refractivity contribution in [2.45, 2.75) is 44.6 Å². The third-order valence-electron chi connectivity index (χ3n) is 4.70. The zero-order chi connectivity index (χ0) is 17.2. The Morgan fingerprint density at radius 2 is 2.04 bits per heavy atom. The molecule has 1 heterocycles. The van der Waals surface area contributed by atoms with Gasteiger partial charge in [0.05, 0.1) is 33.8 Å². The Morgan fingerprint density at radius 1 is 1.33 bits per heavy atom. The fourth-order valence-corrected chi connectivity index (χ4v) is 3.44. The number of benzene rings is 1. The fourth-order valence-electron chi connectivity index (χ4n) is 3.23. The Bertz CT molecular complexity index is 736. The van der Waals surface area contributed by atoms with Gasteiger partial charge in [0.15, 0.2) is 0 Å². The molecule has 0 radical (unpaired) electrons. The molecule has 0 bridgehead atoms. The minimum atomic E-state index is -0.777. The minimum absolute atomic E-state index is 0.218. The van der Waals surface area contributed by atoms with E-state index in [-0.39, 0.29) is 12.5 Å². The number of carbonyl (C=O) groups is 1. The van der Waals surface area contributed by atoms with E-state index in [9.17, 15) is 9.90 Å². The normalized spacial score (nSPS) is 16.8. The molecule has 0 unspecified atom stereocenters. The van der Waals surface area contributed by atoms with E-state index in [1.54, 1.807) is 16.9 Å². The van der Waals surface area contributed by atoms with Gasteiger partial charge in [-0.15, -0.1) is 0 Å². The first-order chi connectivity index (χ1) is 11.5. The highest BCUT2D eigenvalue weighted by Crippen LogP contribution is 2.27. The molecule has 2 aromatic rings. The van der Waals surface area contributed by atoms with Crippen LogP contribution in [0.4, 0.5) is 0 Å². The first-order valence-electron chi connectivity index (χ1n) is 8.30. The number of rotatable bonds is 4. The quantitative estimate of drug-likeness (QED) is 0.892. The largest absolute Gasteiger partial charge is 0.388 e. The van der Waals surface area contributed by atoms with E-state index in [0.29, 0.717) is 10.6 Å². The summed E-state index contributed by atoms with van der Waals surface area (Å²) in [4.78, 5) is 12.5. The van der Waals surface area contributed by atoms with Gasteiger partial charge >= 0.3 is 0 Å². The molecule has 1 saturated carbocycles. The highest BCUT2D eigenvalue weighted by atomic mass is 35.5. The van der Waals surface area contributed by atoms with Crippen molar-refractivity contribution in [3.63, 3.8) is 0 Å². The molecule has 1 aromatic heterocycles. The highest BCUT2D eigenvalue weighted by molar-refractivity contribution is 6.32. The zero-order valence-electron chi connectivity index (χ0n) is 13.8. The lowest BCUT2D eigenvalue weighted by Crippen LogP contribution is -2.44. The second kappa shape index (κ2) is 6.95. The van der Waals surface area contributed by atoms with Crippen LogP contribution in [-0.4, -0.2) is 32.9 Å². The molecule has 2 N–H and O–H groups in total. The molecule has 24 heavy (non-hydrogen) atoms. The van der Waals surface area contributed by atoms with Crippen molar-refractivity contribution in [1.29, 1.82) is 0 Å². The summed E-state index contributed by atoms with van der Waals surface area (Å²) >= 11 is 6.21. The number of nitrogens with one attached hydrogen (secondary N) is 1. The van der Waals surface area contributed by atoms with Crippen molar-refractivity contribution in [3.8, 4) is 5.69 Å². The van der Waals surface area contributed by atoms with Crippen LogP contribution in [0.1, 0.15) is 48.2 Å². The van der Waals surface area contributed by atoms with Gasteiger partial charge in [-0.05, 0) is 31.9 Å². The number of hydrogen-bond donors (Lipinski definition) is 2. The number of halogens is 1. The van der Waals surface area contributed by atoms with Crippen LogP contribution >= 0.6 is 11.6 Å². The SMILES string of the molecule is Cc1c(C(=O)NCC2(O)CCCCC2)cnn1-c1ccccc1Cl. The predicted molar refractivity (Wildman–Crippen MR) is 93.7 cm³/mol. The summed E-state index contributed by atoms with van der Waals surface area (Å²) < 4.78 is 1.66. The molecule has 5 nitrogen and oxygen atoms in total. The van der Waals surface area contributed by atoms with E-state index < -0.39 is 5.60 Å². The fraction of sp³-hybridized carbons (Fsp3) is 0.444. The Labute approximate surface area is 146 Å². The molecule has 0 atom stereocenters. The Hall–Kier alpha value is -1.85. The van der Waals surface area contributed by atoms with Crippen LogP contribution in [0.2, 0.25) is 5.02 Å². The second-order valence-corrected chi connectivity index (χ2v) is 6.88. The summed E-state index contributed by atoms with van der Waals surface area (Å²) in [5.41, 5.74) is 1.17. The average Bonchev–Trinajstić information content (AvgIpc) is 2.95. The van der Waals surface area contributed by atoms with Crippen LogP contribution < -0.4 is 5.32 Å². The van der Waals surface area contributed by atoms with Crippen molar-refractivity contribution < 1.29 is 9.90 Å². The molecular weight excluding hydrogens is 326 g/mol. The van der Waals surface area contributed by atoms with Crippen molar-refractivity contribution in [1.82, 2.24) is 15.1 Å². The van der Waals surface area contributed by atoms with Crippen molar-refractivity contribution >= 4 is 17.5 Å². The molecular formula is C18H22ClN3O2. The number of carbonyl (C=O) groups excluding carboxylic acids is 1. The molecule has 1 aliphatic carbocycles. The maximum absolute atomic E-state index is 12.5. The van der Waals surface area contributed by atoms with E-state index in [4.69, 9.17) is 11.6 Å². The zero-order valence-corrected chi connectivity index (χ0v) is 14.5. The topological polar surface area (TPSA) is 67.2 Å². The summed E-state index contributed by atoms with van der Waals surface area (Å²) in [6.45, 7) is 2.11. The van der Waals surface area contributed by atoms with Crippen LogP contribution in [0.3, 0.4) is 0 Å². The summed E-state index contributed by atoms with van der Waals surface area (Å²) in [6.07, 6.45) is 6.20. The van der Waals surface area contributed by atoms with Gasteiger partial charge in [0.2, 0.25) is 0 Å². The third kappa shape index (κ3) is 3.47. The lowest BCUT2D eigenvalue weighted by atomic mass is 9.85. The van der Waals surface area contributed by atoms with E-state index in [1.807, 2.05) is 25.1 Å². The first-order valence-corrected chi connectivity index (χ1v) is 8.68. The Morgan fingerprint density at radius 3 is 2.75 bits per heavy atom. The predicted octanol–water partition coefficient (Wildman–Crippen LogP) is 3.26. The molecule has 1 aliphatic rings. The number of aliphatic hydroxyl groups is 1. The van der Waals surface area contributed by atoms with Crippen molar-refractivity contribution in [3.05, 3.63) is 46.7 Å². The number of para-hydroxylation sites is 1. The molecule has 128 valence electrons. The van der Waals surface area contributed by atoms with Crippen LogP contribution in [0.5, 0.6) is 0 Å². The molecule has 0 aliphatic heterocycles. The summed E-state index contributed by atoms with van der Waals surface area (Å²) in [6, 6.07) is 7.37. The molecule has 1 amide bonds. The standard InChI is InChI=1S/C18H22ClN3O2/c1-13-14(11-21-22(13)16-8-4-3-7-15(16)19)17(23)20-12-18(24)9-5-2-6-10-18/h3-4,7-8,11,24H,2,5-6,9-10,12H2,1H3,(H,20,23). The third-order valence-corrected chi connectivity index (χ3v) is 5.02. The monoisotopic (exact) mass is 347 g/mol. The summed E-state index contributed by atoms with van der Waals surface area (Å²) in [7, 11) is 0. The van der Waals surface area contributed by atoms with E-state index >= 15 is 0 Å². The summed E-state index contributed by atoms with van der Waals surface area (Å²) in [5, 5.41) is 18.2. The van der Waals surface area contributed by atoms with Crippen LogP contribution in [-0.2, 0) is 0 Å². The van der Waals surface area contributed by atoms with Gasteiger partial charge in [-0.3, -0.25) is 4.79 Å². The van der Waals surface area contributed by atoms with Gasteiger partial charge in [-0.2, -0.15) is 5.10 Å². The van der Waals surface area contributed by atoms with Crippen molar-refractivity contribution in [2.24, 2.45) is 0 Å². The number of amides is 1. The average molecular weight is 348 g/mol.